The van der Waals surface area contributed by atoms with Gasteiger partial charge < -0.3 is 5.32 Å². The highest BCUT2D eigenvalue weighted by molar-refractivity contribution is 7.89. The second kappa shape index (κ2) is 10.0. The molecular weight excluding hydrogens is 479 g/mol. The lowest BCUT2D eigenvalue weighted by Crippen LogP contribution is -2.37. The van der Waals surface area contributed by atoms with E-state index in [2.05, 4.69) is 5.32 Å². The van der Waals surface area contributed by atoms with Gasteiger partial charge in [0.25, 0.3) is 0 Å². The van der Waals surface area contributed by atoms with Gasteiger partial charge in [0.05, 0.1) is 22.2 Å². The molecule has 0 spiro atoms. The van der Waals surface area contributed by atoms with Gasteiger partial charge in [-0.2, -0.15) is 4.31 Å². The monoisotopic (exact) mass is 496 g/mol. The number of nitrogens with one attached hydrogen (secondary N) is 1. The Bertz CT molecular complexity index is 1200. The first kappa shape index (κ1) is 23.6. The molecule has 3 rings (SSSR count). The summed E-state index contributed by atoms with van der Waals surface area (Å²) in [5.74, 6) is -0.554. The number of sulfonamides is 1. The molecule has 3 aromatic rings. The molecule has 0 atom stereocenters. The van der Waals surface area contributed by atoms with Gasteiger partial charge in [-0.25, -0.2) is 8.42 Å². The van der Waals surface area contributed by atoms with Crippen LogP contribution in [0.15, 0.2) is 71.6 Å². The molecular formula is C22H19Cl3N2O3S. The Labute approximate surface area is 196 Å². The van der Waals surface area contributed by atoms with Crippen LogP contribution in [-0.2, 0) is 21.4 Å². The van der Waals surface area contributed by atoms with E-state index in [0.717, 1.165) is 9.87 Å². The van der Waals surface area contributed by atoms with E-state index in [1.807, 2.05) is 6.92 Å². The number of hydrogen-bond donors (Lipinski definition) is 1. The van der Waals surface area contributed by atoms with E-state index in [0.29, 0.717) is 26.3 Å². The van der Waals surface area contributed by atoms with Crippen LogP contribution in [0, 0.1) is 6.92 Å². The van der Waals surface area contributed by atoms with Crippen LogP contribution in [0.3, 0.4) is 0 Å². The van der Waals surface area contributed by atoms with Crippen molar-refractivity contribution in [1.82, 2.24) is 4.31 Å². The number of hydrogen-bond acceptors (Lipinski definition) is 3. The minimum absolute atomic E-state index is 0.0343. The smallest absolute Gasteiger partial charge is 0.243 e. The van der Waals surface area contributed by atoms with Crippen molar-refractivity contribution in [1.29, 1.82) is 0 Å². The summed E-state index contributed by atoms with van der Waals surface area (Å²) in [6, 6.07) is 17.9. The summed E-state index contributed by atoms with van der Waals surface area (Å²) in [6.07, 6.45) is 0. The first-order valence-corrected chi connectivity index (χ1v) is 11.8. The average Bonchev–Trinajstić information content (AvgIpc) is 2.70. The van der Waals surface area contributed by atoms with Crippen molar-refractivity contribution in [3.8, 4) is 0 Å². The van der Waals surface area contributed by atoms with Gasteiger partial charge in [0.1, 0.15) is 0 Å². The Kier molecular flexibility index (Phi) is 7.62. The third-order valence-corrected chi connectivity index (χ3v) is 7.03. The predicted octanol–water partition coefficient (Wildman–Crippen LogP) is 5.78. The Morgan fingerprint density at radius 1 is 0.935 bits per heavy atom. The van der Waals surface area contributed by atoms with Crippen molar-refractivity contribution in [2.45, 2.75) is 18.4 Å². The lowest BCUT2D eigenvalue weighted by Gasteiger charge is -2.22. The largest absolute Gasteiger partial charge is 0.324 e. The van der Waals surface area contributed by atoms with Crippen molar-refractivity contribution in [3.63, 3.8) is 0 Å². The van der Waals surface area contributed by atoms with Crippen molar-refractivity contribution >= 4 is 56.4 Å². The highest BCUT2D eigenvalue weighted by atomic mass is 35.5. The highest BCUT2D eigenvalue weighted by Gasteiger charge is 2.27. The zero-order valence-electron chi connectivity index (χ0n) is 16.5. The molecule has 1 amide bonds. The first-order valence-electron chi connectivity index (χ1n) is 9.21. The minimum Gasteiger partial charge on any atom is -0.324 e. The topological polar surface area (TPSA) is 66.5 Å². The van der Waals surface area contributed by atoms with Crippen molar-refractivity contribution in [3.05, 3.63) is 92.9 Å². The second-order valence-electron chi connectivity index (χ2n) is 6.89. The maximum Gasteiger partial charge on any atom is 0.243 e. The summed E-state index contributed by atoms with van der Waals surface area (Å²) >= 11 is 18.1. The number of anilines is 1. The van der Waals surface area contributed by atoms with Crippen LogP contribution in [0.4, 0.5) is 5.69 Å². The lowest BCUT2D eigenvalue weighted by atomic mass is 10.2. The molecule has 0 saturated carbocycles. The number of aryl methyl sites for hydroxylation is 1. The molecule has 9 heteroatoms. The van der Waals surface area contributed by atoms with Crippen LogP contribution in [0.2, 0.25) is 15.1 Å². The number of halogens is 3. The molecule has 0 aromatic heterocycles. The third kappa shape index (κ3) is 6.21. The fourth-order valence-electron chi connectivity index (χ4n) is 2.87. The second-order valence-corrected chi connectivity index (χ2v) is 10.1. The van der Waals surface area contributed by atoms with E-state index < -0.39 is 22.5 Å². The van der Waals surface area contributed by atoms with Crippen LogP contribution in [0.1, 0.15) is 11.1 Å². The van der Waals surface area contributed by atoms with E-state index in [1.165, 1.54) is 18.2 Å². The fourth-order valence-corrected chi connectivity index (χ4v) is 4.80. The van der Waals surface area contributed by atoms with Crippen molar-refractivity contribution in [2.24, 2.45) is 0 Å². The van der Waals surface area contributed by atoms with Crippen LogP contribution in [-0.4, -0.2) is 25.2 Å². The van der Waals surface area contributed by atoms with Gasteiger partial charge in [-0.15, -0.1) is 0 Å². The number of nitrogens with zero attached hydrogens (tertiary/aromatic N) is 1. The molecule has 0 saturated heterocycles. The van der Waals surface area contributed by atoms with E-state index >= 15 is 0 Å². The lowest BCUT2D eigenvalue weighted by molar-refractivity contribution is -0.116. The van der Waals surface area contributed by atoms with Crippen LogP contribution in [0.25, 0.3) is 0 Å². The molecule has 1 N–H and O–H groups in total. The SMILES string of the molecule is Cc1ccc(S(=O)(=O)N(CC(=O)Nc2cc(Cl)ccc2Cl)Cc2cccc(Cl)c2)cc1. The van der Waals surface area contributed by atoms with E-state index in [4.69, 9.17) is 34.8 Å². The average molecular weight is 498 g/mol. The standard InChI is InChI=1S/C22H19Cl3N2O3S/c1-15-5-8-19(9-6-15)31(29,30)27(13-16-3-2-4-17(23)11-16)14-22(28)26-21-12-18(24)7-10-20(21)25/h2-12H,13-14H2,1H3,(H,26,28). The Morgan fingerprint density at radius 3 is 2.29 bits per heavy atom. The predicted molar refractivity (Wildman–Crippen MR) is 125 cm³/mol. The summed E-state index contributed by atoms with van der Waals surface area (Å²) in [6.45, 7) is 1.40. The molecule has 5 nitrogen and oxygen atoms in total. The van der Waals surface area contributed by atoms with Crippen molar-refractivity contribution < 1.29 is 13.2 Å². The molecule has 162 valence electrons. The van der Waals surface area contributed by atoms with Gasteiger partial charge in [0.15, 0.2) is 0 Å². The van der Waals surface area contributed by atoms with Gasteiger partial charge in [-0.3, -0.25) is 4.79 Å². The van der Waals surface area contributed by atoms with E-state index in [9.17, 15) is 13.2 Å². The van der Waals surface area contributed by atoms with Crippen molar-refractivity contribution in [2.75, 3.05) is 11.9 Å². The maximum absolute atomic E-state index is 13.3. The summed E-state index contributed by atoms with van der Waals surface area (Å²) < 4.78 is 27.7. The van der Waals surface area contributed by atoms with E-state index in [1.54, 1.807) is 48.5 Å². The number of amides is 1. The zero-order chi connectivity index (χ0) is 22.6. The molecule has 0 fully saturated rings. The summed E-state index contributed by atoms with van der Waals surface area (Å²) in [7, 11) is -3.96. The Morgan fingerprint density at radius 2 is 1.61 bits per heavy atom. The van der Waals surface area contributed by atoms with Crippen LogP contribution < -0.4 is 5.32 Å². The maximum atomic E-state index is 13.3. The van der Waals surface area contributed by atoms with Crippen LogP contribution >= 0.6 is 34.8 Å². The number of carbonyl (C=O) groups is 1. The highest BCUT2D eigenvalue weighted by Crippen LogP contribution is 2.26. The number of benzene rings is 3. The molecule has 0 aliphatic heterocycles. The molecule has 0 radical (unpaired) electrons. The van der Waals surface area contributed by atoms with Crippen LogP contribution in [0.5, 0.6) is 0 Å². The number of rotatable bonds is 7. The Hall–Kier alpha value is -2.09. The molecule has 0 heterocycles. The molecule has 0 bridgehead atoms. The molecule has 0 aliphatic carbocycles. The molecule has 31 heavy (non-hydrogen) atoms. The molecule has 0 aliphatic rings. The zero-order valence-corrected chi connectivity index (χ0v) is 19.6. The third-order valence-electron chi connectivity index (χ3n) is 4.43. The van der Waals surface area contributed by atoms with E-state index in [-0.39, 0.29) is 11.4 Å². The summed E-state index contributed by atoms with van der Waals surface area (Å²) in [4.78, 5) is 12.8. The summed E-state index contributed by atoms with van der Waals surface area (Å²) in [5, 5.41) is 3.78. The normalized spacial score (nSPS) is 11.5. The Balaban J connectivity index is 1.90. The number of carbonyl (C=O) groups excluding carboxylic acids is 1. The van der Waals surface area contributed by atoms with Gasteiger partial charge in [-0.1, -0.05) is 64.6 Å². The quantitative estimate of drug-likeness (QED) is 0.449. The van der Waals surface area contributed by atoms with Gasteiger partial charge >= 0.3 is 0 Å². The van der Waals surface area contributed by atoms with Gasteiger partial charge in [0.2, 0.25) is 15.9 Å². The van der Waals surface area contributed by atoms with Gasteiger partial charge in [-0.05, 0) is 55.0 Å². The minimum atomic E-state index is -3.96. The summed E-state index contributed by atoms with van der Waals surface area (Å²) in [5.41, 5.74) is 1.88. The first-order chi connectivity index (χ1) is 14.6. The molecule has 3 aromatic carbocycles. The molecule has 0 unspecified atom stereocenters. The fraction of sp³-hybridized carbons (Fsp3) is 0.136. The van der Waals surface area contributed by atoms with Gasteiger partial charge in [0, 0.05) is 16.6 Å².